The van der Waals surface area contributed by atoms with Gasteiger partial charge in [-0.05, 0) is 54.4 Å². The molecular formula is C18H17FN2O2. The van der Waals surface area contributed by atoms with Crippen LogP contribution in [-0.2, 0) is 9.59 Å². The normalized spacial score (nSPS) is 39.4. The van der Waals surface area contributed by atoms with E-state index < -0.39 is 0 Å². The fraction of sp³-hybridized carbons (Fsp3) is 0.444. The van der Waals surface area contributed by atoms with Gasteiger partial charge in [-0.2, -0.15) is 0 Å². The number of nitrogens with one attached hydrogen (secondary N) is 1. The summed E-state index contributed by atoms with van der Waals surface area (Å²) in [5.74, 6) is 1.04. The van der Waals surface area contributed by atoms with Crippen LogP contribution in [0.4, 0.5) is 10.1 Å². The molecule has 23 heavy (non-hydrogen) atoms. The molecule has 1 saturated heterocycles. The summed E-state index contributed by atoms with van der Waals surface area (Å²) in [6.45, 7) is 0.158. The number of rotatable bonds is 3. The first kappa shape index (κ1) is 13.3. The predicted molar refractivity (Wildman–Crippen MR) is 81.4 cm³/mol. The van der Waals surface area contributed by atoms with E-state index in [0.717, 1.165) is 0 Å². The van der Waals surface area contributed by atoms with Crippen LogP contribution in [0.1, 0.15) is 6.42 Å². The fourth-order valence-electron chi connectivity index (χ4n) is 4.91. The van der Waals surface area contributed by atoms with Gasteiger partial charge in [-0.3, -0.25) is 14.5 Å². The molecule has 1 heterocycles. The number of nitrogens with zero attached hydrogens (tertiary/aromatic N) is 1. The summed E-state index contributed by atoms with van der Waals surface area (Å²) in [6.07, 6.45) is 5.51. The molecule has 2 bridgehead atoms. The summed E-state index contributed by atoms with van der Waals surface area (Å²) in [5, 5.41) is 3.05. The quantitative estimate of drug-likeness (QED) is 0.688. The highest BCUT2D eigenvalue weighted by molar-refractivity contribution is 6.06. The summed E-state index contributed by atoms with van der Waals surface area (Å²) in [6, 6.07) is 5.92. The van der Waals surface area contributed by atoms with E-state index in [2.05, 4.69) is 17.5 Å². The molecule has 1 aliphatic heterocycles. The molecule has 2 saturated carbocycles. The van der Waals surface area contributed by atoms with E-state index in [4.69, 9.17) is 0 Å². The van der Waals surface area contributed by atoms with Crippen LogP contribution >= 0.6 is 0 Å². The van der Waals surface area contributed by atoms with Crippen LogP contribution in [0.25, 0.3) is 0 Å². The molecule has 6 atom stereocenters. The molecule has 1 aromatic rings. The molecule has 6 rings (SSSR count). The van der Waals surface area contributed by atoms with Crippen molar-refractivity contribution in [3.63, 3.8) is 0 Å². The Morgan fingerprint density at radius 3 is 2.13 bits per heavy atom. The van der Waals surface area contributed by atoms with Crippen LogP contribution in [0, 0.1) is 41.3 Å². The van der Waals surface area contributed by atoms with Gasteiger partial charge in [0.05, 0.1) is 18.5 Å². The lowest BCUT2D eigenvalue weighted by Crippen LogP contribution is -2.40. The number of imide groups is 1. The largest absolute Gasteiger partial charge is 0.367 e. The van der Waals surface area contributed by atoms with Gasteiger partial charge in [-0.1, -0.05) is 12.2 Å². The van der Waals surface area contributed by atoms with Gasteiger partial charge in [0, 0.05) is 5.69 Å². The second-order valence-corrected chi connectivity index (χ2v) is 7.10. The van der Waals surface area contributed by atoms with Gasteiger partial charge in [-0.25, -0.2) is 4.39 Å². The van der Waals surface area contributed by atoms with E-state index in [1.807, 2.05) is 0 Å². The molecule has 118 valence electrons. The summed E-state index contributed by atoms with van der Waals surface area (Å²) in [7, 11) is 0. The van der Waals surface area contributed by atoms with Crippen molar-refractivity contribution in [1.29, 1.82) is 0 Å². The minimum Gasteiger partial charge on any atom is -0.367 e. The van der Waals surface area contributed by atoms with Crippen LogP contribution in [0.5, 0.6) is 0 Å². The summed E-state index contributed by atoms with van der Waals surface area (Å²) in [4.78, 5) is 26.9. The highest BCUT2D eigenvalue weighted by atomic mass is 19.1. The first-order chi connectivity index (χ1) is 11.1. The van der Waals surface area contributed by atoms with Gasteiger partial charge in [0.25, 0.3) is 0 Å². The SMILES string of the molecule is O=C1[C@@H]2[C@@H]3C=C[C@H]([C@@H]4C[C@H]34)[C@@H]2C(=O)N1CNc1ccc(F)cc1. The van der Waals surface area contributed by atoms with Crippen molar-refractivity contribution in [3.05, 3.63) is 42.2 Å². The van der Waals surface area contributed by atoms with E-state index in [1.165, 1.54) is 23.5 Å². The van der Waals surface area contributed by atoms with Crippen molar-refractivity contribution in [2.45, 2.75) is 6.42 Å². The average Bonchev–Trinajstić information content (AvgIpc) is 3.33. The molecule has 0 unspecified atom stereocenters. The Morgan fingerprint density at radius 1 is 1.00 bits per heavy atom. The lowest BCUT2D eigenvalue weighted by atomic mass is 9.63. The predicted octanol–water partition coefficient (Wildman–Crippen LogP) is 2.25. The average molecular weight is 312 g/mol. The third-order valence-electron chi connectivity index (χ3n) is 6.04. The van der Waals surface area contributed by atoms with Gasteiger partial charge >= 0.3 is 0 Å². The summed E-state index contributed by atoms with van der Waals surface area (Å²) < 4.78 is 12.9. The van der Waals surface area contributed by atoms with E-state index in [-0.39, 0.29) is 48.0 Å². The molecule has 5 aliphatic rings. The summed E-state index contributed by atoms with van der Waals surface area (Å²) >= 11 is 0. The number of benzene rings is 1. The molecule has 3 fully saturated rings. The van der Waals surface area contributed by atoms with E-state index in [0.29, 0.717) is 17.5 Å². The van der Waals surface area contributed by atoms with Gasteiger partial charge in [0.2, 0.25) is 11.8 Å². The van der Waals surface area contributed by atoms with Crippen LogP contribution in [0.15, 0.2) is 36.4 Å². The first-order valence-corrected chi connectivity index (χ1v) is 8.18. The van der Waals surface area contributed by atoms with Crippen molar-refractivity contribution in [1.82, 2.24) is 4.90 Å². The lowest BCUT2D eigenvalue weighted by molar-refractivity contribution is -0.139. The van der Waals surface area contributed by atoms with Crippen LogP contribution in [-0.4, -0.2) is 23.4 Å². The van der Waals surface area contributed by atoms with Crippen molar-refractivity contribution in [2.75, 3.05) is 12.0 Å². The maximum atomic E-state index is 12.9. The van der Waals surface area contributed by atoms with Gasteiger partial charge in [0.15, 0.2) is 0 Å². The minimum atomic E-state index is -0.309. The number of hydrogen-bond acceptors (Lipinski definition) is 3. The molecule has 0 spiro atoms. The molecule has 2 amide bonds. The van der Waals surface area contributed by atoms with Crippen molar-refractivity contribution >= 4 is 17.5 Å². The second-order valence-electron chi connectivity index (χ2n) is 7.10. The topological polar surface area (TPSA) is 49.4 Å². The Bertz CT molecular complexity index is 693. The monoisotopic (exact) mass is 312 g/mol. The zero-order chi connectivity index (χ0) is 15.7. The smallest absolute Gasteiger partial charge is 0.235 e. The number of likely N-dealkylation sites (tertiary alicyclic amines) is 1. The second kappa shape index (κ2) is 4.43. The fourth-order valence-corrected chi connectivity index (χ4v) is 4.91. The van der Waals surface area contributed by atoms with E-state index in [9.17, 15) is 14.0 Å². The van der Waals surface area contributed by atoms with Crippen LogP contribution in [0.3, 0.4) is 0 Å². The Morgan fingerprint density at radius 2 is 1.57 bits per heavy atom. The number of amides is 2. The van der Waals surface area contributed by atoms with Gasteiger partial charge in [0.1, 0.15) is 5.82 Å². The Kier molecular flexibility index (Phi) is 2.56. The minimum absolute atomic E-state index is 0.0423. The Hall–Kier alpha value is -2.17. The number of anilines is 1. The van der Waals surface area contributed by atoms with Gasteiger partial charge < -0.3 is 5.32 Å². The van der Waals surface area contributed by atoms with Crippen molar-refractivity contribution < 1.29 is 14.0 Å². The number of halogens is 1. The molecule has 0 radical (unpaired) electrons. The lowest BCUT2D eigenvalue weighted by Gasteiger charge is -2.37. The third kappa shape index (κ3) is 1.76. The van der Waals surface area contributed by atoms with Crippen LogP contribution < -0.4 is 5.32 Å². The third-order valence-corrected chi connectivity index (χ3v) is 6.04. The van der Waals surface area contributed by atoms with E-state index in [1.54, 1.807) is 12.1 Å². The maximum absolute atomic E-state index is 12.9. The first-order valence-electron chi connectivity index (χ1n) is 8.18. The molecule has 0 aromatic heterocycles. The number of hydrogen-bond donors (Lipinski definition) is 1. The standard InChI is InChI=1S/C18H17FN2O2/c19-9-1-3-10(4-2-9)20-8-21-17(22)15-11-5-6-12(14-7-13(11)14)16(15)18(21)23/h1-6,11-16,20H,7-8H2/t11-,12-,13-,14+,15-,16+/m1/s1. The number of allylic oxidation sites excluding steroid dienone is 2. The summed E-state index contributed by atoms with van der Waals surface area (Å²) in [5.41, 5.74) is 0.700. The van der Waals surface area contributed by atoms with Crippen LogP contribution in [0.2, 0.25) is 0 Å². The van der Waals surface area contributed by atoms with Crippen molar-refractivity contribution in [2.24, 2.45) is 35.5 Å². The molecule has 4 aliphatic carbocycles. The Balaban J connectivity index is 1.36. The van der Waals surface area contributed by atoms with E-state index >= 15 is 0 Å². The Labute approximate surface area is 133 Å². The number of carbonyl (C=O) groups is 2. The number of carbonyl (C=O) groups excluding carboxylic acids is 2. The molecule has 5 heteroatoms. The van der Waals surface area contributed by atoms with Crippen molar-refractivity contribution in [3.8, 4) is 0 Å². The molecule has 1 aromatic carbocycles. The highest BCUT2D eigenvalue weighted by Gasteiger charge is 2.66. The molecular weight excluding hydrogens is 295 g/mol. The molecule has 1 N–H and O–H groups in total. The molecule has 4 nitrogen and oxygen atoms in total. The zero-order valence-electron chi connectivity index (χ0n) is 12.5. The maximum Gasteiger partial charge on any atom is 0.235 e. The highest BCUT2D eigenvalue weighted by Crippen LogP contribution is 2.65. The van der Waals surface area contributed by atoms with Gasteiger partial charge in [-0.15, -0.1) is 0 Å². The zero-order valence-corrected chi connectivity index (χ0v) is 12.5.